The highest BCUT2D eigenvalue weighted by Gasteiger charge is 2.36. The van der Waals surface area contributed by atoms with Crippen LogP contribution in [0.15, 0.2) is 0 Å². The first-order chi connectivity index (χ1) is 7.83. The second kappa shape index (κ2) is 4.63. The molecule has 0 aromatic carbocycles. The molecule has 16 heavy (non-hydrogen) atoms. The summed E-state index contributed by atoms with van der Waals surface area (Å²) in [5.74, 6) is 0.958. The average molecular weight is 223 g/mol. The lowest BCUT2D eigenvalue weighted by Crippen LogP contribution is -2.48. The van der Waals surface area contributed by atoms with E-state index in [0.29, 0.717) is 0 Å². The van der Waals surface area contributed by atoms with Gasteiger partial charge in [0.05, 0.1) is 0 Å². The van der Waals surface area contributed by atoms with Crippen molar-refractivity contribution in [1.82, 2.24) is 15.1 Å². The Morgan fingerprint density at radius 3 is 2.94 bits per heavy atom. The molecule has 4 unspecified atom stereocenters. The summed E-state index contributed by atoms with van der Waals surface area (Å²) in [5.41, 5.74) is 0. The number of hydrogen-bond acceptors (Lipinski definition) is 3. The van der Waals surface area contributed by atoms with Crippen molar-refractivity contribution < 1.29 is 0 Å². The Hall–Kier alpha value is -0.120. The van der Waals surface area contributed by atoms with Crippen LogP contribution in [0.25, 0.3) is 0 Å². The summed E-state index contributed by atoms with van der Waals surface area (Å²) in [7, 11) is 2.35. The van der Waals surface area contributed by atoms with Crippen molar-refractivity contribution >= 4 is 0 Å². The summed E-state index contributed by atoms with van der Waals surface area (Å²) in [6, 6.07) is 1.63. The van der Waals surface area contributed by atoms with E-state index in [1.165, 1.54) is 58.4 Å². The minimum Gasteiger partial charge on any atom is -0.313 e. The van der Waals surface area contributed by atoms with Gasteiger partial charge in [-0.05, 0) is 58.3 Å². The SMILES string of the molecule is CN(CC1CCCN1)C1CCN2CCC1C2. The van der Waals surface area contributed by atoms with Gasteiger partial charge < -0.3 is 15.1 Å². The molecule has 3 fully saturated rings. The van der Waals surface area contributed by atoms with Gasteiger partial charge in [0.25, 0.3) is 0 Å². The third-order valence-corrected chi connectivity index (χ3v) is 4.83. The van der Waals surface area contributed by atoms with Gasteiger partial charge in [0.1, 0.15) is 0 Å². The van der Waals surface area contributed by atoms with Crippen LogP contribution in [0.4, 0.5) is 0 Å². The molecule has 3 saturated heterocycles. The van der Waals surface area contributed by atoms with E-state index in [4.69, 9.17) is 0 Å². The number of piperidine rings is 1. The lowest BCUT2D eigenvalue weighted by Gasteiger charge is -2.38. The summed E-state index contributed by atoms with van der Waals surface area (Å²) in [6.45, 7) is 6.56. The van der Waals surface area contributed by atoms with Crippen LogP contribution in [0.3, 0.4) is 0 Å². The minimum absolute atomic E-state index is 0.768. The molecular formula is C13H25N3. The van der Waals surface area contributed by atoms with Crippen molar-refractivity contribution in [3.8, 4) is 0 Å². The van der Waals surface area contributed by atoms with Crippen molar-refractivity contribution in [1.29, 1.82) is 0 Å². The Labute approximate surface area is 99.2 Å². The second-order valence-electron chi connectivity index (χ2n) is 5.94. The highest BCUT2D eigenvalue weighted by molar-refractivity contribution is 4.92. The normalized spacial score (nSPS) is 43.1. The molecular weight excluding hydrogens is 198 g/mol. The monoisotopic (exact) mass is 223 g/mol. The third kappa shape index (κ3) is 2.13. The molecule has 0 saturated carbocycles. The fourth-order valence-electron chi connectivity index (χ4n) is 3.91. The van der Waals surface area contributed by atoms with Crippen molar-refractivity contribution in [2.75, 3.05) is 39.8 Å². The highest BCUT2D eigenvalue weighted by atomic mass is 15.2. The number of fused-ring (bicyclic) bond motifs is 2. The summed E-state index contributed by atoms with van der Waals surface area (Å²) in [6.07, 6.45) is 5.59. The van der Waals surface area contributed by atoms with E-state index in [2.05, 4.69) is 22.2 Å². The van der Waals surface area contributed by atoms with Gasteiger partial charge in [-0.25, -0.2) is 0 Å². The van der Waals surface area contributed by atoms with Crippen LogP contribution < -0.4 is 5.32 Å². The predicted molar refractivity (Wildman–Crippen MR) is 66.6 cm³/mol. The summed E-state index contributed by atoms with van der Waals surface area (Å²) in [4.78, 5) is 5.29. The lowest BCUT2D eigenvalue weighted by molar-refractivity contribution is 0.116. The molecule has 2 bridgehead atoms. The van der Waals surface area contributed by atoms with E-state index in [1.807, 2.05) is 0 Å². The molecule has 0 aromatic rings. The van der Waals surface area contributed by atoms with Crippen LogP contribution >= 0.6 is 0 Å². The van der Waals surface area contributed by atoms with Crippen LogP contribution in [0.1, 0.15) is 25.7 Å². The van der Waals surface area contributed by atoms with Crippen molar-refractivity contribution in [2.45, 2.75) is 37.8 Å². The summed E-state index contributed by atoms with van der Waals surface area (Å²) >= 11 is 0. The molecule has 0 aromatic heterocycles. The summed E-state index contributed by atoms with van der Waals surface area (Å²) < 4.78 is 0. The molecule has 3 nitrogen and oxygen atoms in total. The molecule has 3 aliphatic heterocycles. The predicted octanol–water partition coefficient (Wildman–Crippen LogP) is 0.764. The topological polar surface area (TPSA) is 18.5 Å². The summed E-state index contributed by atoms with van der Waals surface area (Å²) in [5, 5.41) is 3.62. The van der Waals surface area contributed by atoms with E-state index < -0.39 is 0 Å². The Bertz CT molecular complexity index is 237. The first-order valence-corrected chi connectivity index (χ1v) is 6.99. The van der Waals surface area contributed by atoms with Crippen LogP contribution in [0.2, 0.25) is 0 Å². The fourth-order valence-corrected chi connectivity index (χ4v) is 3.91. The van der Waals surface area contributed by atoms with Gasteiger partial charge >= 0.3 is 0 Å². The Balaban J connectivity index is 1.54. The molecule has 4 atom stereocenters. The van der Waals surface area contributed by atoms with Gasteiger partial charge in [0.15, 0.2) is 0 Å². The molecule has 3 aliphatic rings. The van der Waals surface area contributed by atoms with E-state index in [0.717, 1.165) is 18.0 Å². The minimum atomic E-state index is 0.768. The van der Waals surface area contributed by atoms with Crippen molar-refractivity contribution in [3.05, 3.63) is 0 Å². The quantitative estimate of drug-likeness (QED) is 0.762. The van der Waals surface area contributed by atoms with Gasteiger partial charge in [0, 0.05) is 25.2 Å². The molecule has 3 rings (SSSR count). The zero-order valence-electron chi connectivity index (χ0n) is 10.5. The molecule has 1 N–H and O–H groups in total. The van der Waals surface area contributed by atoms with E-state index in [-0.39, 0.29) is 0 Å². The van der Waals surface area contributed by atoms with Crippen LogP contribution in [0, 0.1) is 5.92 Å². The van der Waals surface area contributed by atoms with Gasteiger partial charge in [0.2, 0.25) is 0 Å². The van der Waals surface area contributed by atoms with Gasteiger partial charge in [-0.1, -0.05) is 0 Å². The number of likely N-dealkylation sites (N-methyl/N-ethyl adjacent to an activating group) is 1. The van der Waals surface area contributed by atoms with Crippen LogP contribution in [-0.2, 0) is 0 Å². The average Bonchev–Trinajstić information content (AvgIpc) is 2.90. The first kappa shape index (κ1) is 11.0. The Kier molecular flexibility index (Phi) is 3.18. The number of nitrogens with one attached hydrogen (secondary N) is 1. The molecule has 3 heterocycles. The number of hydrogen-bond donors (Lipinski definition) is 1. The van der Waals surface area contributed by atoms with Gasteiger partial charge in [-0.15, -0.1) is 0 Å². The zero-order chi connectivity index (χ0) is 11.0. The Morgan fingerprint density at radius 1 is 1.25 bits per heavy atom. The van der Waals surface area contributed by atoms with E-state index in [1.54, 1.807) is 0 Å². The first-order valence-electron chi connectivity index (χ1n) is 6.99. The lowest BCUT2D eigenvalue weighted by atomic mass is 9.92. The van der Waals surface area contributed by atoms with Crippen LogP contribution in [0.5, 0.6) is 0 Å². The number of nitrogens with zero attached hydrogens (tertiary/aromatic N) is 2. The Morgan fingerprint density at radius 2 is 2.12 bits per heavy atom. The maximum atomic E-state index is 3.62. The van der Waals surface area contributed by atoms with Gasteiger partial charge in [-0.3, -0.25) is 0 Å². The standard InChI is InChI=1S/C13H25N3/c1-15(10-12-3-2-6-14-12)13-5-8-16-7-4-11(13)9-16/h11-14H,2-10H2,1H3. The van der Waals surface area contributed by atoms with Crippen molar-refractivity contribution in [2.24, 2.45) is 5.92 Å². The molecule has 92 valence electrons. The molecule has 0 amide bonds. The second-order valence-corrected chi connectivity index (χ2v) is 5.94. The van der Waals surface area contributed by atoms with E-state index >= 15 is 0 Å². The fraction of sp³-hybridized carbons (Fsp3) is 1.00. The zero-order valence-corrected chi connectivity index (χ0v) is 10.5. The maximum Gasteiger partial charge on any atom is 0.0195 e. The highest BCUT2D eigenvalue weighted by Crippen LogP contribution is 2.30. The smallest absolute Gasteiger partial charge is 0.0195 e. The molecule has 3 heteroatoms. The maximum absolute atomic E-state index is 3.62. The molecule has 0 radical (unpaired) electrons. The van der Waals surface area contributed by atoms with E-state index in [9.17, 15) is 0 Å². The van der Waals surface area contributed by atoms with Gasteiger partial charge in [-0.2, -0.15) is 0 Å². The van der Waals surface area contributed by atoms with Crippen molar-refractivity contribution in [3.63, 3.8) is 0 Å². The number of rotatable bonds is 3. The third-order valence-electron chi connectivity index (χ3n) is 4.83. The van der Waals surface area contributed by atoms with Crippen LogP contribution in [-0.4, -0.2) is 61.7 Å². The largest absolute Gasteiger partial charge is 0.313 e. The molecule has 0 spiro atoms. The molecule has 0 aliphatic carbocycles.